The number of anilines is 1. The van der Waals surface area contributed by atoms with Gasteiger partial charge >= 0.3 is 6.18 Å². The van der Waals surface area contributed by atoms with Gasteiger partial charge in [-0.05, 0) is 18.3 Å². The quantitative estimate of drug-likeness (QED) is 0.792. The largest absolute Gasteiger partial charge is 0.453 e. The first-order valence-corrected chi connectivity index (χ1v) is 6.03. The molecule has 1 amide bonds. The minimum atomic E-state index is -4.74. The number of alkyl halides is 3. The Bertz CT molecular complexity index is 820. The first-order chi connectivity index (χ1) is 9.88. The first kappa shape index (κ1) is 13.5. The van der Waals surface area contributed by atoms with Crippen molar-refractivity contribution in [1.29, 1.82) is 0 Å². The molecule has 0 saturated heterocycles. The number of carbonyl (C=O) groups excluding carboxylic acids is 1. The number of amides is 1. The molecule has 0 unspecified atom stereocenters. The van der Waals surface area contributed by atoms with Gasteiger partial charge in [0.2, 0.25) is 4.77 Å². The molecule has 1 aromatic heterocycles. The summed E-state index contributed by atoms with van der Waals surface area (Å²) in [6, 6.07) is 6.53. The Kier molecular flexibility index (Phi) is 2.90. The molecule has 2 aromatic rings. The number of H-pyrrole nitrogens is 1. The molecule has 0 saturated carbocycles. The number of fused-ring (bicyclic) bond motifs is 1. The summed E-state index contributed by atoms with van der Waals surface area (Å²) in [7, 11) is 0. The van der Waals surface area contributed by atoms with E-state index in [1.54, 1.807) is 24.3 Å². The Morgan fingerprint density at radius 3 is 2.71 bits per heavy atom. The second-order valence-electron chi connectivity index (χ2n) is 4.11. The van der Waals surface area contributed by atoms with Crippen LogP contribution in [0.5, 0.6) is 0 Å². The van der Waals surface area contributed by atoms with E-state index < -0.39 is 17.9 Å². The van der Waals surface area contributed by atoms with Crippen molar-refractivity contribution in [3.05, 3.63) is 40.4 Å². The van der Waals surface area contributed by atoms with Crippen molar-refractivity contribution in [3.63, 3.8) is 0 Å². The molecule has 6 nitrogen and oxygen atoms in total. The summed E-state index contributed by atoms with van der Waals surface area (Å²) in [6.45, 7) is 0. The molecule has 2 N–H and O–H groups in total. The fourth-order valence-electron chi connectivity index (χ4n) is 1.87. The zero-order valence-corrected chi connectivity index (χ0v) is 10.9. The lowest BCUT2D eigenvalue weighted by molar-refractivity contribution is -0.147. The molecule has 0 bridgehead atoms. The fraction of sp³-hybridized carbons (Fsp3) is 0.0909. The van der Waals surface area contributed by atoms with Gasteiger partial charge < -0.3 is 5.32 Å². The number of benzene rings is 1. The molecule has 2 heterocycles. The van der Waals surface area contributed by atoms with Gasteiger partial charge in [-0.15, -0.1) is 5.10 Å². The molecule has 108 valence electrons. The minimum absolute atomic E-state index is 0.159. The summed E-state index contributed by atoms with van der Waals surface area (Å²) in [6.07, 6.45) is -4.74. The third-order valence-corrected chi connectivity index (χ3v) is 3.01. The van der Waals surface area contributed by atoms with Crippen molar-refractivity contribution in [1.82, 2.24) is 14.9 Å². The second-order valence-corrected chi connectivity index (χ2v) is 4.50. The van der Waals surface area contributed by atoms with E-state index in [2.05, 4.69) is 15.5 Å². The standard InChI is InChI=1S/C11H6F3N5OS/c12-11(13,14)9-16-17-10(21)19(9)18-7-5-3-1-2-4-6(5)15-8(7)20/h1-4H,(H,17,21)(H,15,18,20). The maximum Gasteiger partial charge on any atom is 0.453 e. The van der Waals surface area contributed by atoms with Crippen LogP contribution in [-0.2, 0) is 11.0 Å². The normalized spacial score (nSPS) is 16.1. The Hall–Kier alpha value is -2.49. The van der Waals surface area contributed by atoms with Crippen LogP contribution in [0.15, 0.2) is 29.4 Å². The molecular formula is C11H6F3N5OS. The number of para-hydroxylation sites is 1. The van der Waals surface area contributed by atoms with Crippen LogP contribution in [0.4, 0.5) is 18.9 Å². The van der Waals surface area contributed by atoms with Crippen LogP contribution in [0, 0.1) is 4.77 Å². The van der Waals surface area contributed by atoms with Crippen molar-refractivity contribution in [2.24, 2.45) is 5.10 Å². The Morgan fingerprint density at radius 2 is 2.00 bits per heavy atom. The average molecular weight is 313 g/mol. The molecule has 0 spiro atoms. The number of rotatable bonds is 1. The van der Waals surface area contributed by atoms with Crippen molar-refractivity contribution in [3.8, 4) is 0 Å². The fourth-order valence-corrected chi connectivity index (χ4v) is 2.04. The zero-order chi connectivity index (χ0) is 15.2. The molecule has 3 rings (SSSR count). The lowest BCUT2D eigenvalue weighted by atomic mass is 10.1. The van der Waals surface area contributed by atoms with Crippen molar-refractivity contribution in [2.45, 2.75) is 6.18 Å². The van der Waals surface area contributed by atoms with Crippen molar-refractivity contribution in [2.75, 3.05) is 5.32 Å². The van der Waals surface area contributed by atoms with Crippen LogP contribution < -0.4 is 5.32 Å². The van der Waals surface area contributed by atoms with Gasteiger partial charge in [-0.25, -0.2) is 5.10 Å². The van der Waals surface area contributed by atoms with Gasteiger partial charge in [0.25, 0.3) is 11.7 Å². The van der Waals surface area contributed by atoms with E-state index in [1.165, 1.54) is 0 Å². The predicted octanol–water partition coefficient (Wildman–Crippen LogP) is 2.16. The molecule has 1 aromatic carbocycles. The highest BCUT2D eigenvalue weighted by Crippen LogP contribution is 2.28. The van der Waals surface area contributed by atoms with Crippen molar-refractivity contribution >= 4 is 29.5 Å². The highest BCUT2D eigenvalue weighted by molar-refractivity contribution is 7.71. The maximum absolute atomic E-state index is 12.8. The van der Waals surface area contributed by atoms with Gasteiger partial charge in [0.1, 0.15) is 0 Å². The minimum Gasteiger partial charge on any atom is -0.320 e. The smallest absolute Gasteiger partial charge is 0.320 e. The third-order valence-electron chi connectivity index (χ3n) is 2.75. The SMILES string of the molecule is O=C1Nc2ccccc2/C1=N\n1c(C(F)(F)F)n[nH]c1=S. The lowest BCUT2D eigenvalue weighted by Crippen LogP contribution is -2.19. The van der Waals surface area contributed by atoms with E-state index in [1.807, 2.05) is 5.10 Å². The molecule has 0 fully saturated rings. The van der Waals surface area contributed by atoms with Crippen LogP contribution in [0.2, 0.25) is 0 Å². The number of aromatic amines is 1. The van der Waals surface area contributed by atoms with Crippen LogP contribution in [0.25, 0.3) is 0 Å². The van der Waals surface area contributed by atoms with E-state index in [0.29, 0.717) is 15.9 Å². The van der Waals surface area contributed by atoms with Gasteiger partial charge in [-0.1, -0.05) is 18.2 Å². The number of hydrogen-bond donors (Lipinski definition) is 2. The number of aromatic nitrogens is 3. The summed E-state index contributed by atoms with van der Waals surface area (Å²) < 4.78 is 38.5. The van der Waals surface area contributed by atoms with Crippen LogP contribution in [0.3, 0.4) is 0 Å². The van der Waals surface area contributed by atoms with Gasteiger partial charge in [0.15, 0.2) is 5.71 Å². The van der Waals surface area contributed by atoms with Gasteiger partial charge in [0.05, 0.1) is 5.69 Å². The number of nitrogens with one attached hydrogen (secondary N) is 2. The van der Waals surface area contributed by atoms with Crippen LogP contribution in [-0.4, -0.2) is 26.5 Å². The number of nitrogens with zero attached hydrogens (tertiary/aromatic N) is 3. The molecule has 10 heteroatoms. The topological polar surface area (TPSA) is 75.1 Å². The third kappa shape index (κ3) is 2.23. The number of hydrogen-bond acceptors (Lipinski definition) is 4. The van der Waals surface area contributed by atoms with Gasteiger partial charge in [-0.3, -0.25) is 4.79 Å². The molecule has 0 aliphatic carbocycles. The zero-order valence-electron chi connectivity index (χ0n) is 10.1. The van der Waals surface area contributed by atoms with Crippen LogP contribution >= 0.6 is 12.2 Å². The Labute approximate surface area is 120 Å². The van der Waals surface area contributed by atoms with E-state index in [0.717, 1.165) is 0 Å². The summed E-state index contributed by atoms with van der Waals surface area (Å²) in [5.41, 5.74) is 0.720. The highest BCUT2D eigenvalue weighted by atomic mass is 32.1. The monoisotopic (exact) mass is 313 g/mol. The summed E-state index contributed by atoms with van der Waals surface area (Å²) in [5.74, 6) is -1.93. The predicted molar refractivity (Wildman–Crippen MR) is 69.4 cm³/mol. The number of carbonyl (C=O) groups is 1. The second kappa shape index (κ2) is 4.52. The molecule has 21 heavy (non-hydrogen) atoms. The van der Waals surface area contributed by atoms with Gasteiger partial charge in [0, 0.05) is 5.56 Å². The molecule has 0 atom stereocenters. The highest BCUT2D eigenvalue weighted by Gasteiger charge is 2.38. The molecule has 0 radical (unpaired) electrons. The van der Waals surface area contributed by atoms with E-state index in [9.17, 15) is 18.0 Å². The number of halogens is 3. The van der Waals surface area contributed by atoms with Gasteiger partial charge in [-0.2, -0.15) is 22.9 Å². The first-order valence-electron chi connectivity index (χ1n) is 5.62. The van der Waals surface area contributed by atoms with Crippen molar-refractivity contribution < 1.29 is 18.0 Å². The van der Waals surface area contributed by atoms with Crippen LogP contribution in [0.1, 0.15) is 11.4 Å². The summed E-state index contributed by atoms with van der Waals surface area (Å²) in [5, 5.41) is 11.3. The lowest BCUT2D eigenvalue weighted by Gasteiger charge is -2.05. The van der Waals surface area contributed by atoms with E-state index in [-0.39, 0.29) is 10.5 Å². The Morgan fingerprint density at radius 1 is 1.29 bits per heavy atom. The summed E-state index contributed by atoms with van der Waals surface area (Å²) >= 11 is 4.72. The average Bonchev–Trinajstić information content (AvgIpc) is 2.92. The Balaban J connectivity index is 2.18. The summed E-state index contributed by atoms with van der Waals surface area (Å²) in [4.78, 5) is 11.8. The molecule has 1 aliphatic heterocycles. The molecular weight excluding hydrogens is 307 g/mol. The van der Waals surface area contributed by atoms with E-state index >= 15 is 0 Å². The maximum atomic E-state index is 12.8. The van der Waals surface area contributed by atoms with E-state index in [4.69, 9.17) is 12.2 Å². The molecule has 1 aliphatic rings.